The van der Waals surface area contributed by atoms with Crippen molar-refractivity contribution >= 4 is 10.8 Å². The van der Waals surface area contributed by atoms with E-state index in [1.165, 1.54) is 27.5 Å². The van der Waals surface area contributed by atoms with Gasteiger partial charge in [0.1, 0.15) is 23.0 Å². The summed E-state index contributed by atoms with van der Waals surface area (Å²) in [7, 11) is 0. The van der Waals surface area contributed by atoms with Crippen molar-refractivity contribution in [1.82, 2.24) is 0 Å². The number of fused-ring (bicyclic) bond motifs is 5. The Balaban J connectivity index is 1.34. The maximum absolute atomic E-state index is 6.77. The molecule has 0 saturated heterocycles. The molecule has 0 aromatic heterocycles. The summed E-state index contributed by atoms with van der Waals surface area (Å²) in [4.78, 5) is 0. The van der Waals surface area contributed by atoms with Crippen molar-refractivity contribution in [2.45, 2.75) is 5.41 Å². The highest BCUT2D eigenvalue weighted by Crippen LogP contribution is 2.63. The van der Waals surface area contributed by atoms with Crippen LogP contribution in [0.2, 0.25) is 0 Å². The van der Waals surface area contributed by atoms with E-state index in [2.05, 4.69) is 146 Å². The Hall–Kier alpha value is -5.60. The lowest BCUT2D eigenvalue weighted by Gasteiger charge is -2.45. The monoisotopic (exact) mass is 550 g/mol. The van der Waals surface area contributed by atoms with Crippen LogP contribution in [0.5, 0.6) is 23.0 Å². The first-order valence-corrected chi connectivity index (χ1v) is 14.7. The Morgan fingerprint density at radius 2 is 0.837 bits per heavy atom. The third-order valence-corrected chi connectivity index (χ3v) is 8.99. The second-order valence-electron chi connectivity index (χ2n) is 11.2. The summed E-state index contributed by atoms with van der Waals surface area (Å²) in [5, 5.41) is 2.41. The van der Waals surface area contributed by atoms with Crippen molar-refractivity contribution in [1.29, 1.82) is 0 Å². The van der Waals surface area contributed by atoms with E-state index >= 15 is 0 Å². The van der Waals surface area contributed by atoms with E-state index in [4.69, 9.17) is 9.47 Å². The molecule has 43 heavy (non-hydrogen) atoms. The Kier molecular flexibility index (Phi) is 5.15. The average Bonchev–Trinajstić information content (AvgIpc) is 3.08. The summed E-state index contributed by atoms with van der Waals surface area (Å²) >= 11 is 0. The fourth-order valence-corrected chi connectivity index (χ4v) is 7.22. The van der Waals surface area contributed by atoms with Crippen molar-refractivity contribution in [2.75, 3.05) is 0 Å². The van der Waals surface area contributed by atoms with Crippen LogP contribution in [0.15, 0.2) is 158 Å². The molecule has 2 aliphatic heterocycles. The zero-order valence-electron chi connectivity index (χ0n) is 23.3. The maximum Gasteiger partial charge on any atom is 0.136 e. The lowest BCUT2D eigenvalue weighted by atomic mass is 9.62. The summed E-state index contributed by atoms with van der Waals surface area (Å²) in [5.74, 6) is 3.37. The number of hydrogen-bond donors (Lipinski definition) is 0. The molecule has 2 aliphatic rings. The van der Waals surface area contributed by atoms with Gasteiger partial charge >= 0.3 is 0 Å². The highest BCUT2D eigenvalue weighted by molar-refractivity contribution is 6.05. The van der Waals surface area contributed by atoms with Gasteiger partial charge in [-0.3, -0.25) is 0 Å². The molecule has 2 nitrogen and oxygen atoms in total. The molecule has 0 radical (unpaired) electrons. The van der Waals surface area contributed by atoms with Crippen molar-refractivity contribution < 1.29 is 9.47 Å². The van der Waals surface area contributed by atoms with Crippen LogP contribution in [0.3, 0.4) is 0 Å². The molecule has 0 N–H and O–H groups in total. The quantitative estimate of drug-likeness (QED) is 0.218. The molecule has 9 rings (SSSR count). The van der Waals surface area contributed by atoms with Gasteiger partial charge in [0, 0.05) is 11.1 Å². The van der Waals surface area contributed by atoms with E-state index in [9.17, 15) is 0 Å². The van der Waals surface area contributed by atoms with Crippen LogP contribution in [-0.4, -0.2) is 0 Å². The Labute approximate surface area is 250 Å². The molecule has 0 unspecified atom stereocenters. The van der Waals surface area contributed by atoms with Crippen LogP contribution in [0, 0.1) is 0 Å². The van der Waals surface area contributed by atoms with Gasteiger partial charge in [0.25, 0.3) is 0 Å². The molecule has 202 valence electrons. The van der Waals surface area contributed by atoms with Crippen molar-refractivity contribution in [3.63, 3.8) is 0 Å². The van der Waals surface area contributed by atoms with Gasteiger partial charge in [-0.05, 0) is 62.9 Å². The summed E-state index contributed by atoms with van der Waals surface area (Å²) in [6.07, 6.45) is 0. The van der Waals surface area contributed by atoms with E-state index < -0.39 is 5.41 Å². The molecule has 0 aliphatic carbocycles. The number of hydrogen-bond acceptors (Lipinski definition) is 2. The third-order valence-electron chi connectivity index (χ3n) is 8.99. The predicted molar refractivity (Wildman–Crippen MR) is 173 cm³/mol. The van der Waals surface area contributed by atoms with Crippen LogP contribution in [0.4, 0.5) is 0 Å². The van der Waals surface area contributed by atoms with Crippen molar-refractivity contribution in [2.24, 2.45) is 0 Å². The first-order valence-electron chi connectivity index (χ1n) is 14.7. The van der Waals surface area contributed by atoms with E-state index in [1.54, 1.807) is 0 Å². The summed E-state index contributed by atoms with van der Waals surface area (Å²) < 4.78 is 13.5. The van der Waals surface area contributed by atoms with Crippen LogP contribution >= 0.6 is 0 Å². The topological polar surface area (TPSA) is 18.5 Å². The SMILES string of the molecule is c1ccc(-c2ccc(-c3cc4c5c(c3)Oc3ccccc3C5(c3ccccc3)c3ccccc3O4)c3ccccc23)cc1. The zero-order valence-corrected chi connectivity index (χ0v) is 23.3. The molecule has 7 aromatic carbocycles. The van der Waals surface area contributed by atoms with Crippen LogP contribution in [-0.2, 0) is 5.41 Å². The molecule has 2 heteroatoms. The molecule has 0 saturated carbocycles. The third kappa shape index (κ3) is 3.41. The van der Waals surface area contributed by atoms with Gasteiger partial charge in [0.05, 0.1) is 11.0 Å². The summed E-state index contributed by atoms with van der Waals surface area (Å²) in [6.45, 7) is 0. The van der Waals surface area contributed by atoms with Crippen LogP contribution < -0.4 is 9.47 Å². The molecule has 2 heterocycles. The van der Waals surface area contributed by atoms with E-state index in [0.717, 1.165) is 50.8 Å². The number of rotatable bonds is 3. The van der Waals surface area contributed by atoms with Gasteiger partial charge in [-0.2, -0.15) is 0 Å². The minimum atomic E-state index is -0.576. The number of ether oxygens (including phenoxy) is 2. The van der Waals surface area contributed by atoms with E-state index in [1.807, 2.05) is 12.1 Å². The lowest BCUT2D eigenvalue weighted by molar-refractivity contribution is 0.385. The van der Waals surface area contributed by atoms with Gasteiger partial charge in [-0.1, -0.05) is 133 Å². The molecular weight excluding hydrogens is 524 g/mol. The minimum absolute atomic E-state index is 0.576. The predicted octanol–water partition coefficient (Wildman–Crippen LogP) is 10.8. The molecule has 0 atom stereocenters. The summed E-state index contributed by atoms with van der Waals surface area (Å²) in [5.41, 5.74) is 8.53. The maximum atomic E-state index is 6.77. The van der Waals surface area contributed by atoms with Gasteiger partial charge < -0.3 is 9.47 Å². The molecule has 0 spiro atoms. The van der Waals surface area contributed by atoms with Crippen molar-refractivity contribution in [3.05, 3.63) is 180 Å². The Bertz CT molecular complexity index is 2110. The first kappa shape index (κ1) is 24.0. The molecule has 0 amide bonds. The standard InChI is InChI=1S/C41H26O2/c1-3-13-27(14-4-1)30-23-24-31(33-18-8-7-17-32(30)33)28-25-38-40-39(26-28)43-37-22-12-10-20-35(37)41(40,29-15-5-2-6-16-29)34-19-9-11-21-36(34)42-38/h1-26H. The van der Waals surface area contributed by atoms with Crippen LogP contribution in [0.25, 0.3) is 33.0 Å². The Morgan fingerprint density at radius 3 is 1.42 bits per heavy atom. The summed E-state index contributed by atoms with van der Waals surface area (Å²) in [6, 6.07) is 55.7. The second kappa shape index (κ2) is 9.20. The highest BCUT2D eigenvalue weighted by atomic mass is 16.5. The molecular formula is C41H26O2. The second-order valence-corrected chi connectivity index (χ2v) is 11.2. The fourth-order valence-electron chi connectivity index (χ4n) is 7.22. The zero-order chi connectivity index (χ0) is 28.4. The number of benzene rings is 7. The molecule has 7 aromatic rings. The van der Waals surface area contributed by atoms with Gasteiger partial charge in [0.15, 0.2) is 0 Å². The highest BCUT2D eigenvalue weighted by Gasteiger charge is 2.51. The molecule has 0 bridgehead atoms. The lowest BCUT2D eigenvalue weighted by Crippen LogP contribution is -2.37. The smallest absolute Gasteiger partial charge is 0.136 e. The minimum Gasteiger partial charge on any atom is -0.457 e. The van der Waals surface area contributed by atoms with Gasteiger partial charge in [-0.15, -0.1) is 0 Å². The van der Waals surface area contributed by atoms with E-state index in [-0.39, 0.29) is 0 Å². The Morgan fingerprint density at radius 1 is 0.372 bits per heavy atom. The van der Waals surface area contributed by atoms with Crippen LogP contribution in [0.1, 0.15) is 22.3 Å². The molecule has 0 fully saturated rings. The van der Waals surface area contributed by atoms with Crippen molar-refractivity contribution in [3.8, 4) is 45.3 Å². The largest absolute Gasteiger partial charge is 0.457 e. The fraction of sp³-hybridized carbons (Fsp3) is 0.0244. The van der Waals surface area contributed by atoms with E-state index in [0.29, 0.717) is 0 Å². The van der Waals surface area contributed by atoms with Gasteiger partial charge in [0.2, 0.25) is 0 Å². The first-order chi connectivity index (χ1) is 21.3. The number of para-hydroxylation sites is 2. The normalized spacial score (nSPS) is 13.7. The average molecular weight is 551 g/mol. The van der Waals surface area contributed by atoms with Gasteiger partial charge in [-0.25, -0.2) is 0 Å².